The van der Waals surface area contributed by atoms with Crippen LogP contribution < -0.4 is 16.0 Å². The number of hydrogen-bond acceptors (Lipinski definition) is 4. The molecular weight excluding hydrogens is 499 g/mol. The van der Waals surface area contributed by atoms with Gasteiger partial charge in [-0.15, -0.1) is 0 Å². The van der Waals surface area contributed by atoms with E-state index in [2.05, 4.69) is 21.0 Å². The molecule has 2 saturated carbocycles. The van der Waals surface area contributed by atoms with Gasteiger partial charge in [0.25, 0.3) is 12.3 Å². The van der Waals surface area contributed by atoms with Crippen molar-refractivity contribution in [3.05, 3.63) is 47.5 Å². The molecule has 1 heterocycles. The number of anilines is 1. The molecule has 206 valence electrons. The number of benzene rings is 1. The number of rotatable bonds is 12. The van der Waals surface area contributed by atoms with Crippen LogP contribution in [0.1, 0.15) is 74.5 Å². The Labute approximate surface area is 219 Å². The lowest BCUT2D eigenvalue weighted by molar-refractivity contribution is -0.123. The first-order chi connectivity index (χ1) is 18.1. The molecule has 2 atom stereocenters. The van der Waals surface area contributed by atoms with Gasteiger partial charge in [-0.25, -0.2) is 13.2 Å². The van der Waals surface area contributed by atoms with E-state index in [0.29, 0.717) is 17.5 Å². The number of carbonyl (C=O) groups excluding carboxylic acids is 3. The molecule has 0 saturated heterocycles. The summed E-state index contributed by atoms with van der Waals surface area (Å²) in [4.78, 5) is 38.9. The van der Waals surface area contributed by atoms with Crippen molar-refractivity contribution in [1.29, 1.82) is 0 Å². The van der Waals surface area contributed by atoms with Gasteiger partial charge < -0.3 is 16.0 Å². The first kappa shape index (κ1) is 27.7. The Hall–Kier alpha value is -3.37. The topological polar surface area (TPSA) is 105 Å². The molecule has 1 aromatic carbocycles. The van der Waals surface area contributed by atoms with E-state index in [0.717, 1.165) is 31.7 Å². The number of hydrogen-bond donors (Lipinski definition) is 3. The summed E-state index contributed by atoms with van der Waals surface area (Å²) in [6.07, 6.45) is 2.79. The molecule has 2 aliphatic carbocycles. The maximum absolute atomic E-state index is 15.0. The van der Waals surface area contributed by atoms with Gasteiger partial charge in [-0.3, -0.25) is 19.1 Å². The van der Waals surface area contributed by atoms with E-state index in [1.807, 2.05) is 13.8 Å². The fourth-order valence-electron chi connectivity index (χ4n) is 4.94. The first-order valence-corrected chi connectivity index (χ1v) is 13.1. The van der Waals surface area contributed by atoms with Crippen molar-refractivity contribution in [2.24, 2.45) is 17.8 Å². The number of aromatic nitrogens is 2. The lowest BCUT2D eigenvalue weighted by Crippen LogP contribution is -2.50. The van der Waals surface area contributed by atoms with Gasteiger partial charge in [0.15, 0.2) is 0 Å². The number of alkyl halides is 2. The van der Waals surface area contributed by atoms with Crippen molar-refractivity contribution in [2.75, 3.05) is 11.9 Å². The SMILES string of the molecule is CC(C)n1nccc1C(=O)N[C@H](C(=O)Nc1ccc([C@H](C)C(=O)NCC(F)F)cc1F)C(C1CC1)C1CC1. The smallest absolute Gasteiger partial charge is 0.270 e. The molecule has 2 aromatic rings. The zero-order valence-corrected chi connectivity index (χ0v) is 21.7. The lowest BCUT2D eigenvalue weighted by Gasteiger charge is -2.28. The standard InChI is InChI=1S/C27H34F3N5O3/c1-14(2)35-21(10-11-32-35)26(37)34-24(23(16-4-5-16)17-6-7-17)27(38)33-20-9-8-18(12-19(20)28)15(3)25(36)31-13-22(29)30/h8-12,14-17,22-24H,4-7,13H2,1-3H3,(H,31,36)(H,33,38)(H,34,37)/t15-,24-/m0/s1. The molecule has 38 heavy (non-hydrogen) atoms. The molecule has 1 aromatic heterocycles. The fourth-order valence-corrected chi connectivity index (χ4v) is 4.94. The Morgan fingerprint density at radius 2 is 1.68 bits per heavy atom. The van der Waals surface area contributed by atoms with Crippen LogP contribution in [0.2, 0.25) is 0 Å². The molecule has 3 N–H and O–H groups in total. The van der Waals surface area contributed by atoms with Crippen molar-refractivity contribution >= 4 is 23.4 Å². The van der Waals surface area contributed by atoms with Crippen LogP contribution in [-0.2, 0) is 9.59 Å². The third-order valence-electron chi connectivity index (χ3n) is 7.25. The number of halogens is 3. The molecule has 11 heteroatoms. The average molecular weight is 534 g/mol. The Kier molecular flexibility index (Phi) is 8.42. The third kappa shape index (κ3) is 6.54. The van der Waals surface area contributed by atoms with Gasteiger partial charge in [-0.1, -0.05) is 6.07 Å². The number of nitrogens with zero attached hydrogens (tertiary/aromatic N) is 2. The van der Waals surface area contributed by atoms with Crippen LogP contribution in [0.15, 0.2) is 30.5 Å². The summed E-state index contributed by atoms with van der Waals surface area (Å²) in [6, 6.07) is 4.62. The predicted molar refractivity (Wildman–Crippen MR) is 135 cm³/mol. The molecule has 0 bridgehead atoms. The third-order valence-corrected chi connectivity index (χ3v) is 7.25. The summed E-state index contributed by atoms with van der Waals surface area (Å²) in [5, 5.41) is 11.9. The number of amides is 3. The van der Waals surface area contributed by atoms with E-state index in [9.17, 15) is 23.2 Å². The summed E-state index contributed by atoms with van der Waals surface area (Å²) in [5.74, 6) is -2.59. The van der Waals surface area contributed by atoms with Gasteiger partial charge >= 0.3 is 0 Å². The van der Waals surface area contributed by atoms with Gasteiger partial charge in [-0.2, -0.15) is 5.10 Å². The van der Waals surface area contributed by atoms with E-state index in [4.69, 9.17) is 0 Å². The zero-order valence-electron chi connectivity index (χ0n) is 21.7. The Morgan fingerprint density at radius 1 is 1.03 bits per heavy atom. The van der Waals surface area contributed by atoms with Crippen molar-refractivity contribution < 1.29 is 27.6 Å². The van der Waals surface area contributed by atoms with E-state index < -0.39 is 48.5 Å². The maximum atomic E-state index is 15.0. The van der Waals surface area contributed by atoms with Crippen LogP contribution in [0.3, 0.4) is 0 Å². The summed E-state index contributed by atoms with van der Waals surface area (Å²) < 4.78 is 41.4. The van der Waals surface area contributed by atoms with Crippen molar-refractivity contribution in [3.8, 4) is 0 Å². The van der Waals surface area contributed by atoms with Crippen LogP contribution in [0, 0.1) is 23.6 Å². The second kappa shape index (κ2) is 11.6. The Bertz CT molecular complexity index is 1160. The summed E-state index contributed by atoms with van der Waals surface area (Å²) in [6.45, 7) is 4.51. The van der Waals surface area contributed by atoms with Crippen LogP contribution in [0.5, 0.6) is 0 Å². The van der Waals surface area contributed by atoms with Gasteiger partial charge in [0.1, 0.15) is 17.6 Å². The highest BCUT2D eigenvalue weighted by Gasteiger charge is 2.48. The minimum absolute atomic E-state index is 0.0461. The molecular formula is C27H34F3N5O3. The molecule has 4 rings (SSSR count). The van der Waals surface area contributed by atoms with Gasteiger partial charge in [0.2, 0.25) is 11.8 Å². The Balaban J connectivity index is 1.51. The number of carbonyl (C=O) groups is 3. The molecule has 0 aliphatic heterocycles. The monoisotopic (exact) mass is 533 g/mol. The second-order valence-corrected chi connectivity index (χ2v) is 10.5. The quantitative estimate of drug-likeness (QED) is 0.379. The summed E-state index contributed by atoms with van der Waals surface area (Å²) in [7, 11) is 0. The van der Waals surface area contributed by atoms with E-state index in [1.54, 1.807) is 10.7 Å². The highest BCUT2D eigenvalue weighted by atomic mass is 19.3. The van der Waals surface area contributed by atoms with Crippen LogP contribution >= 0.6 is 0 Å². The normalized spacial score (nSPS) is 17.0. The molecule has 0 spiro atoms. The first-order valence-electron chi connectivity index (χ1n) is 13.1. The van der Waals surface area contributed by atoms with Crippen LogP contribution in [0.25, 0.3) is 0 Å². The molecule has 8 nitrogen and oxygen atoms in total. The van der Waals surface area contributed by atoms with E-state index in [1.165, 1.54) is 25.3 Å². The Morgan fingerprint density at radius 3 is 2.24 bits per heavy atom. The van der Waals surface area contributed by atoms with Crippen molar-refractivity contribution in [2.45, 2.75) is 70.9 Å². The van der Waals surface area contributed by atoms with Crippen LogP contribution in [0.4, 0.5) is 18.9 Å². The minimum atomic E-state index is -2.69. The van der Waals surface area contributed by atoms with Gasteiger partial charge in [0.05, 0.1) is 18.2 Å². The minimum Gasteiger partial charge on any atom is -0.350 e. The zero-order chi connectivity index (χ0) is 27.6. The van der Waals surface area contributed by atoms with E-state index >= 15 is 4.39 Å². The van der Waals surface area contributed by atoms with Crippen LogP contribution in [-0.4, -0.2) is 46.5 Å². The molecule has 0 radical (unpaired) electrons. The molecule has 2 fully saturated rings. The molecule has 0 unspecified atom stereocenters. The van der Waals surface area contributed by atoms with Crippen molar-refractivity contribution in [3.63, 3.8) is 0 Å². The number of nitrogens with one attached hydrogen (secondary N) is 3. The van der Waals surface area contributed by atoms with E-state index in [-0.39, 0.29) is 23.2 Å². The average Bonchev–Trinajstić information content (AvgIpc) is 3.82. The van der Waals surface area contributed by atoms with Gasteiger partial charge in [-0.05, 0) is 88.0 Å². The predicted octanol–water partition coefficient (Wildman–Crippen LogP) is 4.26. The van der Waals surface area contributed by atoms with Crippen molar-refractivity contribution in [1.82, 2.24) is 20.4 Å². The summed E-state index contributed by atoms with van der Waals surface area (Å²) >= 11 is 0. The fraction of sp³-hybridized carbons (Fsp3) is 0.556. The largest absolute Gasteiger partial charge is 0.350 e. The molecule has 3 amide bonds. The molecule has 2 aliphatic rings. The highest BCUT2D eigenvalue weighted by molar-refractivity contribution is 6.01. The van der Waals surface area contributed by atoms with Gasteiger partial charge in [0, 0.05) is 12.2 Å². The maximum Gasteiger partial charge on any atom is 0.270 e. The lowest BCUT2D eigenvalue weighted by atomic mass is 9.88. The second-order valence-electron chi connectivity index (χ2n) is 10.5. The highest BCUT2D eigenvalue weighted by Crippen LogP contribution is 2.51. The summed E-state index contributed by atoms with van der Waals surface area (Å²) in [5.41, 5.74) is 0.543.